The number of hydrogen-bond acceptors (Lipinski definition) is 5. The first-order valence-electron chi connectivity index (χ1n) is 12.6. The molecule has 5 rings (SSSR count). The molecule has 1 saturated heterocycles. The van der Waals surface area contributed by atoms with E-state index in [9.17, 15) is 9.59 Å². The Labute approximate surface area is 237 Å². The average Bonchev–Trinajstić information content (AvgIpc) is 3.46. The number of aryl methyl sites for hydroxylation is 2. The number of carbonyl (C=O) groups is 2. The summed E-state index contributed by atoms with van der Waals surface area (Å²) in [4.78, 5) is 26.6. The zero-order valence-electron chi connectivity index (χ0n) is 22.1. The third-order valence-corrected chi connectivity index (χ3v) is 7.86. The monoisotopic (exact) mass is 552 g/mol. The van der Waals surface area contributed by atoms with Gasteiger partial charge in [-0.1, -0.05) is 73.6 Å². The molecule has 2 heterocycles. The van der Waals surface area contributed by atoms with Gasteiger partial charge < -0.3 is 0 Å². The van der Waals surface area contributed by atoms with Crippen LogP contribution in [0.3, 0.4) is 0 Å². The maximum Gasteiger partial charge on any atom is 0.285 e. The maximum absolute atomic E-state index is 13.4. The molecule has 0 atom stereocenters. The quantitative estimate of drug-likeness (QED) is 0.210. The molecule has 1 aliphatic heterocycles. The number of aromatic nitrogens is 2. The summed E-state index contributed by atoms with van der Waals surface area (Å²) < 4.78 is 2.09. The molecule has 0 bridgehead atoms. The fourth-order valence-corrected chi connectivity index (χ4v) is 5.42. The molecular weight excluding hydrogens is 525 g/mol. The molecular formula is C31H28N4O2S2. The van der Waals surface area contributed by atoms with E-state index in [4.69, 9.17) is 17.3 Å². The number of hydrazine groups is 1. The first-order chi connectivity index (χ1) is 18.7. The number of rotatable bonds is 6. The molecule has 39 heavy (non-hydrogen) atoms. The fourth-order valence-electron chi connectivity index (χ4n) is 4.25. The molecule has 6 nitrogen and oxygen atoms in total. The molecule has 0 spiro atoms. The van der Waals surface area contributed by atoms with Gasteiger partial charge in [-0.3, -0.25) is 15.0 Å². The van der Waals surface area contributed by atoms with E-state index in [-0.39, 0.29) is 10.2 Å². The lowest BCUT2D eigenvalue weighted by Crippen LogP contribution is -2.44. The topological polar surface area (TPSA) is 67.2 Å². The molecule has 2 amide bonds. The van der Waals surface area contributed by atoms with E-state index in [0.29, 0.717) is 16.4 Å². The van der Waals surface area contributed by atoms with Crippen molar-refractivity contribution in [1.82, 2.24) is 20.2 Å². The van der Waals surface area contributed by atoms with Crippen LogP contribution in [0.25, 0.3) is 23.0 Å². The predicted octanol–water partition coefficient (Wildman–Crippen LogP) is 6.83. The Hall–Kier alpha value is -4.01. The molecule has 0 saturated carbocycles. The van der Waals surface area contributed by atoms with Gasteiger partial charge >= 0.3 is 0 Å². The van der Waals surface area contributed by atoms with Crippen LogP contribution in [-0.2, 0) is 4.79 Å². The van der Waals surface area contributed by atoms with Crippen LogP contribution in [-0.4, -0.2) is 30.9 Å². The van der Waals surface area contributed by atoms with Crippen molar-refractivity contribution in [2.24, 2.45) is 0 Å². The Kier molecular flexibility index (Phi) is 7.50. The van der Waals surface area contributed by atoms with Crippen molar-refractivity contribution in [2.75, 3.05) is 0 Å². The van der Waals surface area contributed by atoms with Gasteiger partial charge in [0.25, 0.3) is 11.8 Å². The number of nitrogens with one attached hydrogen (secondary N) is 1. The summed E-state index contributed by atoms with van der Waals surface area (Å²) >= 11 is 6.62. The summed E-state index contributed by atoms with van der Waals surface area (Å²) in [6.45, 7) is 8.33. The minimum absolute atomic E-state index is 0.265. The Morgan fingerprint density at radius 3 is 2.44 bits per heavy atom. The third kappa shape index (κ3) is 5.57. The Morgan fingerprint density at radius 1 is 1.03 bits per heavy atom. The van der Waals surface area contributed by atoms with Crippen molar-refractivity contribution < 1.29 is 9.59 Å². The maximum atomic E-state index is 13.4. The van der Waals surface area contributed by atoms with Crippen molar-refractivity contribution in [2.45, 2.75) is 33.6 Å². The average molecular weight is 553 g/mol. The highest BCUT2D eigenvalue weighted by Gasteiger charge is 2.34. The normalized spacial score (nSPS) is 14.5. The summed E-state index contributed by atoms with van der Waals surface area (Å²) in [5.74, 6) is -0.416. The number of carbonyl (C=O) groups excluding carboxylic acids is 2. The van der Waals surface area contributed by atoms with E-state index < -0.39 is 5.91 Å². The Morgan fingerprint density at radius 2 is 1.74 bits per heavy atom. The molecule has 8 heteroatoms. The van der Waals surface area contributed by atoms with E-state index in [0.717, 1.165) is 50.4 Å². The Bertz CT molecular complexity index is 1610. The highest BCUT2D eigenvalue weighted by Crippen LogP contribution is 2.35. The fraction of sp³-hybridized carbons (Fsp3) is 0.161. The molecule has 4 aromatic rings. The van der Waals surface area contributed by atoms with Crippen LogP contribution < -0.4 is 5.43 Å². The van der Waals surface area contributed by atoms with E-state index in [1.54, 1.807) is 18.2 Å². The number of nitrogens with zero attached hydrogens (tertiary/aromatic N) is 3. The van der Waals surface area contributed by atoms with Crippen LogP contribution in [0.1, 0.15) is 52.4 Å². The second kappa shape index (κ2) is 11.0. The van der Waals surface area contributed by atoms with Crippen molar-refractivity contribution in [3.05, 3.63) is 112 Å². The Balaban J connectivity index is 1.52. The van der Waals surface area contributed by atoms with Crippen molar-refractivity contribution in [3.8, 4) is 16.9 Å². The van der Waals surface area contributed by atoms with Crippen LogP contribution in [0.4, 0.5) is 0 Å². The molecule has 0 unspecified atom stereocenters. The predicted molar refractivity (Wildman–Crippen MR) is 161 cm³/mol. The lowest BCUT2D eigenvalue weighted by atomic mass is 9.95. The summed E-state index contributed by atoms with van der Waals surface area (Å²) in [6, 6.07) is 23.4. The number of thiocarbonyl (C=S) groups is 1. The van der Waals surface area contributed by atoms with Crippen LogP contribution in [0.5, 0.6) is 0 Å². The molecule has 0 radical (unpaired) electrons. The van der Waals surface area contributed by atoms with Gasteiger partial charge in [0.1, 0.15) is 5.69 Å². The van der Waals surface area contributed by atoms with Gasteiger partial charge in [-0.15, -0.1) is 0 Å². The van der Waals surface area contributed by atoms with Gasteiger partial charge in [0, 0.05) is 22.9 Å². The largest absolute Gasteiger partial charge is 0.285 e. The zero-order chi connectivity index (χ0) is 27.7. The number of thioether (sulfide) groups is 1. The molecule has 196 valence electrons. The molecule has 1 fully saturated rings. The van der Waals surface area contributed by atoms with E-state index in [1.165, 1.54) is 5.56 Å². The number of hydrogen-bond donors (Lipinski definition) is 1. The molecule has 1 aromatic heterocycles. The SMILES string of the molecule is Cc1ccc(C(=O)NN2C(=O)/C(=C\c3cn(-c4ccccc4)nc3-c3cc(C(C)C)ccc3C)SC2=S)cc1. The first kappa shape index (κ1) is 26.6. The van der Waals surface area contributed by atoms with E-state index >= 15 is 0 Å². The van der Waals surface area contributed by atoms with Crippen LogP contribution >= 0.6 is 24.0 Å². The van der Waals surface area contributed by atoms with Crippen LogP contribution in [0, 0.1) is 13.8 Å². The molecule has 1 N–H and O–H groups in total. The number of benzene rings is 3. The smallest absolute Gasteiger partial charge is 0.267 e. The number of amides is 2. The summed E-state index contributed by atoms with van der Waals surface area (Å²) in [5, 5.41) is 6.09. The van der Waals surface area contributed by atoms with Crippen molar-refractivity contribution >= 4 is 46.2 Å². The lowest BCUT2D eigenvalue weighted by molar-refractivity contribution is -0.123. The highest BCUT2D eigenvalue weighted by molar-refractivity contribution is 8.26. The minimum atomic E-state index is -0.397. The van der Waals surface area contributed by atoms with E-state index in [1.807, 2.05) is 60.3 Å². The van der Waals surface area contributed by atoms with Gasteiger partial charge in [-0.05, 0) is 79.5 Å². The van der Waals surface area contributed by atoms with Gasteiger partial charge in [0.2, 0.25) is 0 Å². The summed E-state index contributed by atoms with van der Waals surface area (Å²) in [6.07, 6.45) is 3.73. The molecule has 3 aromatic carbocycles. The van der Waals surface area contributed by atoms with Gasteiger partial charge in [0.05, 0.1) is 10.6 Å². The standard InChI is InChI=1S/C31H28N4O2S2/c1-19(2)23-15-12-21(4)26(16-23)28-24(18-34(32-28)25-8-6-5-7-9-25)17-27-30(37)35(31(38)39-27)33-29(36)22-13-10-20(3)11-14-22/h5-19H,1-4H3,(H,33,36)/b27-17+. The zero-order valence-corrected chi connectivity index (χ0v) is 23.8. The van der Waals surface area contributed by atoms with Gasteiger partial charge in [0.15, 0.2) is 4.32 Å². The van der Waals surface area contributed by atoms with Gasteiger partial charge in [-0.25, -0.2) is 4.68 Å². The second-order valence-electron chi connectivity index (χ2n) is 9.77. The lowest BCUT2D eigenvalue weighted by Gasteiger charge is -2.15. The minimum Gasteiger partial charge on any atom is -0.267 e. The second-order valence-corrected chi connectivity index (χ2v) is 11.4. The van der Waals surface area contributed by atoms with Crippen LogP contribution in [0.2, 0.25) is 0 Å². The van der Waals surface area contributed by atoms with E-state index in [2.05, 4.69) is 44.4 Å². The van der Waals surface area contributed by atoms with Gasteiger partial charge in [-0.2, -0.15) is 10.1 Å². The highest BCUT2D eigenvalue weighted by atomic mass is 32.2. The molecule has 0 aliphatic carbocycles. The summed E-state index contributed by atoms with van der Waals surface area (Å²) in [5.41, 5.74) is 9.92. The first-order valence-corrected chi connectivity index (χ1v) is 13.9. The third-order valence-electron chi connectivity index (χ3n) is 6.55. The molecule has 1 aliphatic rings. The summed E-state index contributed by atoms with van der Waals surface area (Å²) in [7, 11) is 0. The number of para-hydroxylation sites is 1. The van der Waals surface area contributed by atoms with Crippen molar-refractivity contribution in [3.63, 3.8) is 0 Å². The van der Waals surface area contributed by atoms with Crippen LogP contribution in [0.15, 0.2) is 83.9 Å². The van der Waals surface area contributed by atoms with Crippen molar-refractivity contribution in [1.29, 1.82) is 0 Å².